The van der Waals surface area contributed by atoms with Gasteiger partial charge in [-0.3, -0.25) is 9.59 Å². The number of ether oxygens (including phenoxy) is 1. The van der Waals surface area contributed by atoms with E-state index in [9.17, 15) is 14.4 Å². The summed E-state index contributed by atoms with van der Waals surface area (Å²) in [6.45, 7) is 1.84. The Bertz CT molecular complexity index is 530. The lowest BCUT2D eigenvalue weighted by atomic mass is 10.2. The number of para-hydroxylation sites is 1. The van der Waals surface area contributed by atoms with Crippen molar-refractivity contribution in [3.63, 3.8) is 0 Å². The van der Waals surface area contributed by atoms with Gasteiger partial charge in [0.1, 0.15) is 0 Å². The molecule has 0 unspecified atom stereocenters. The molecule has 1 aromatic carbocycles. The van der Waals surface area contributed by atoms with Crippen molar-refractivity contribution in [1.29, 1.82) is 0 Å². The first-order valence-electron chi connectivity index (χ1n) is 6.43. The fraction of sp³-hybridized carbons (Fsp3) is 0.357. The van der Waals surface area contributed by atoms with E-state index in [1.807, 2.05) is 0 Å². The highest BCUT2D eigenvalue weighted by Crippen LogP contribution is 2.16. The molecule has 7 heteroatoms. The highest BCUT2D eigenvalue weighted by molar-refractivity contribution is 6.39. The molecule has 0 aliphatic heterocycles. The number of esters is 1. The minimum absolute atomic E-state index is 0.0708. The molecule has 0 aromatic heterocycles. The van der Waals surface area contributed by atoms with Crippen LogP contribution < -0.4 is 5.32 Å². The van der Waals surface area contributed by atoms with Crippen LogP contribution in [0.25, 0.3) is 0 Å². The molecule has 21 heavy (non-hydrogen) atoms. The van der Waals surface area contributed by atoms with Crippen LogP contribution in [0.15, 0.2) is 24.3 Å². The SMILES string of the molecule is CCN(CCO)C(=O)C(=O)Nc1ccccc1C(=O)OC. The van der Waals surface area contributed by atoms with Gasteiger partial charge in [0, 0.05) is 13.1 Å². The first kappa shape index (κ1) is 16.6. The van der Waals surface area contributed by atoms with Crippen LogP contribution in [-0.2, 0) is 14.3 Å². The number of aliphatic hydroxyl groups excluding tert-OH is 1. The molecule has 1 rings (SSSR count). The number of nitrogens with one attached hydrogen (secondary N) is 1. The summed E-state index contributed by atoms with van der Waals surface area (Å²) in [6, 6.07) is 6.22. The highest BCUT2D eigenvalue weighted by Gasteiger charge is 2.22. The number of rotatable bonds is 5. The quantitative estimate of drug-likeness (QED) is 0.599. The monoisotopic (exact) mass is 294 g/mol. The standard InChI is InChI=1S/C14H18N2O5/c1-3-16(8-9-17)13(19)12(18)15-11-7-5-4-6-10(11)14(20)21-2/h4-7,17H,3,8-9H2,1-2H3,(H,15,18). The Kier molecular flexibility index (Phi) is 6.35. The van der Waals surface area contributed by atoms with E-state index in [0.717, 1.165) is 0 Å². The Morgan fingerprint density at radius 3 is 2.52 bits per heavy atom. The first-order chi connectivity index (χ1) is 10.0. The van der Waals surface area contributed by atoms with Crippen LogP contribution in [0.4, 0.5) is 5.69 Å². The fourth-order valence-electron chi connectivity index (χ4n) is 1.72. The van der Waals surface area contributed by atoms with Crippen molar-refractivity contribution >= 4 is 23.5 Å². The molecule has 0 bridgehead atoms. The van der Waals surface area contributed by atoms with Gasteiger partial charge in [-0.05, 0) is 19.1 Å². The fourth-order valence-corrected chi connectivity index (χ4v) is 1.72. The van der Waals surface area contributed by atoms with Crippen molar-refractivity contribution in [2.45, 2.75) is 6.92 Å². The van der Waals surface area contributed by atoms with Gasteiger partial charge in [-0.25, -0.2) is 4.79 Å². The molecule has 0 spiro atoms. The molecule has 114 valence electrons. The minimum Gasteiger partial charge on any atom is -0.465 e. The number of carbonyl (C=O) groups is 3. The normalized spacial score (nSPS) is 9.86. The molecule has 1 aromatic rings. The van der Waals surface area contributed by atoms with Gasteiger partial charge in [0.05, 0.1) is 25.0 Å². The van der Waals surface area contributed by atoms with E-state index >= 15 is 0 Å². The lowest BCUT2D eigenvalue weighted by molar-refractivity contribution is -0.143. The molecule has 0 saturated carbocycles. The Morgan fingerprint density at radius 2 is 1.95 bits per heavy atom. The van der Waals surface area contributed by atoms with Gasteiger partial charge in [0.15, 0.2) is 0 Å². The smallest absolute Gasteiger partial charge is 0.339 e. The zero-order valence-corrected chi connectivity index (χ0v) is 12.0. The highest BCUT2D eigenvalue weighted by atomic mass is 16.5. The summed E-state index contributed by atoms with van der Waals surface area (Å²) in [5.41, 5.74) is 0.356. The predicted octanol–water partition coefficient (Wildman–Crippen LogP) is 0.252. The van der Waals surface area contributed by atoms with E-state index < -0.39 is 17.8 Å². The summed E-state index contributed by atoms with van der Waals surface area (Å²) in [5.74, 6) is -2.26. The average molecular weight is 294 g/mol. The molecule has 0 fully saturated rings. The largest absolute Gasteiger partial charge is 0.465 e. The number of benzene rings is 1. The molecule has 2 N–H and O–H groups in total. The van der Waals surface area contributed by atoms with Crippen LogP contribution in [0.3, 0.4) is 0 Å². The zero-order valence-electron chi connectivity index (χ0n) is 12.0. The number of hydrogen-bond acceptors (Lipinski definition) is 5. The van der Waals surface area contributed by atoms with Crippen molar-refractivity contribution in [2.24, 2.45) is 0 Å². The summed E-state index contributed by atoms with van der Waals surface area (Å²) in [7, 11) is 1.23. The topological polar surface area (TPSA) is 95.9 Å². The van der Waals surface area contributed by atoms with E-state index in [4.69, 9.17) is 5.11 Å². The number of hydrogen-bond donors (Lipinski definition) is 2. The number of likely N-dealkylation sites (N-methyl/N-ethyl adjacent to an activating group) is 1. The van der Waals surface area contributed by atoms with Crippen LogP contribution in [0.5, 0.6) is 0 Å². The van der Waals surface area contributed by atoms with E-state index in [1.54, 1.807) is 19.1 Å². The first-order valence-corrected chi connectivity index (χ1v) is 6.43. The van der Waals surface area contributed by atoms with E-state index in [2.05, 4.69) is 10.1 Å². The van der Waals surface area contributed by atoms with E-state index in [-0.39, 0.29) is 24.4 Å². The second-order valence-electron chi connectivity index (χ2n) is 4.10. The molecule has 0 saturated heterocycles. The van der Waals surface area contributed by atoms with Gasteiger partial charge in [0.25, 0.3) is 0 Å². The van der Waals surface area contributed by atoms with Crippen molar-refractivity contribution in [3.8, 4) is 0 Å². The molecule has 0 heterocycles. The van der Waals surface area contributed by atoms with E-state index in [1.165, 1.54) is 24.1 Å². The molecular weight excluding hydrogens is 276 g/mol. The number of amides is 2. The Balaban J connectivity index is 2.88. The third-order valence-electron chi connectivity index (χ3n) is 2.81. The molecule has 0 radical (unpaired) electrons. The summed E-state index contributed by atoms with van der Waals surface area (Å²) < 4.78 is 4.61. The molecule has 0 aliphatic rings. The van der Waals surface area contributed by atoms with Crippen molar-refractivity contribution in [3.05, 3.63) is 29.8 Å². The van der Waals surface area contributed by atoms with Crippen LogP contribution in [-0.4, -0.2) is 54.6 Å². The minimum atomic E-state index is -0.873. The third kappa shape index (κ3) is 4.28. The van der Waals surface area contributed by atoms with Gasteiger partial charge in [-0.2, -0.15) is 0 Å². The Hall–Kier alpha value is -2.41. The number of aliphatic hydroxyl groups is 1. The predicted molar refractivity (Wildman–Crippen MR) is 75.8 cm³/mol. The Labute approximate surface area is 122 Å². The third-order valence-corrected chi connectivity index (χ3v) is 2.81. The molecular formula is C14H18N2O5. The summed E-state index contributed by atoms with van der Waals surface area (Å²) in [5, 5.41) is 11.2. The number of methoxy groups -OCH3 is 1. The Morgan fingerprint density at radius 1 is 1.29 bits per heavy atom. The van der Waals surface area contributed by atoms with Crippen LogP contribution in [0.1, 0.15) is 17.3 Å². The van der Waals surface area contributed by atoms with Gasteiger partial charge >= 0.3 is 17.8 Å². The second-order valence-corrected chi connectivity index (χ2v) is 4.10. The number of carbonyl (C=O) groups excluding carboxylic acids is 3. The van der Waals surface area contributed by atoms with Crippen LogP contribution in [0, 0.1) is 0 Å². The number of anilines is 1. The van der Waals surface area contributed by atoms with Gasteiger partial charge < -0.3 is 20.1 Å². The summed E-state index contributed by atoms with van der Waals surface area (Å²) in [4.78, 5) is 36.6. The van der Waals surface area contributed by atoms with Crippen LogP contribution in [0.2, 0.25) is 0 Å². The summed E-state index contributed by atoms with van der Waals surface area (Å²) in [6.07, 6.45) is 0. The van der Waals surface area contributed by atoms with Crippen molar-refractivity contribution in [2.75, 3.05) is 32.1 Å². The molecule has 0 atom stereocenters. The zero-order chi connectivity index (χ0) is 15.8. The molecule has 0 aliphatic carbocycles. The van der Waals surface area contributed by atoms with Crippen molar-refractivity contribution in [1.82, 2.24) is 4.90 Å². The molecule has 7 nitrogen and oxygen atoms in total. The van der Waals surface area contributed by atoms with E-state index in [0.29, 0.717) is 6.54 Å². The summed E-state index contributed by atoms with van der Waals surface area (Å²) >= 11 is 0. The second kappa shape index (κ2) is 8.01. The maximum Gasteiger partial charge on any atom is 0.339 e. The lowest BCUT2D eigenvalue weighted by Crippen LogP contribution is -2.41. The lowest BCUT2D eigenvalue weighted by Gasteiger charge is -2.19. The molecule has 2 amide bonds. The average Bonchev–Trinajstić information content (AvgIpc) is 2.51. The van der Waals surface area contributed by atoms with Crippen molar-refractivity contribution < 1.29 is 24.2 Å². The van der Waals surface area contributed by atoms with Gasteiger partial charge in [0.2, 0.25) is 0 Å². The van der Waals surface area contributed by atoms with Gasteiger partial charge in [-0.15, -0.1) is 0 Å². The van der Waals surface area contributed by atoms with Crippen LogP contribution >= 0.6 is 0 Å². The maximum atomic E-state index is 11.9. The van der Waals surface area contributed by atoms with Gasteiger partial charge in [-0.1, -0.05) is 12.1 Å². The number of nitrogens with zero attached hydrogens (tertiary/aromatic N) is 1. The maximum absolute atomic E-state index is 11.9.